The molecule has 1 aromatic heterocycles. The number of rotatable bonds is 2. The van der Waals surface area contributed by atoms with Crippen molar-refractivity contribution in [2.45, 2.75) is 0 Å². The molecule has 88 valence electrons. The van der Waals surface area contributed by atoms with Gasteiger partial charge in [0.25, 0.3) is 0 Å². The molecule has 6 nitrogen and oxygen atoms in total. The first-order valence-corrected chi connectivity index (χ1v) is 4.69. The van der Waals surface area contributed by atoms with Crippen LogP contribution in [-0.2, 0) is 4.74 Å². The van der Waals surface area contributed by atoms with Crippen LogP contribution in [0, 0.1) is 5.82 Å². The summed E-state index contributed by atoms with van der Waals surface area (Å²) >= 11 is 0. The second kappa shape index (κ2) is 4.20. The van der Waals surface area contributed by atoms with Gasteiger partial charge in [0.1, 0.15) is 11.5 Å². The number of hydrogen-bond acceptors (Lipinski definition) is 5. The van der Waals surface area contributed by atoms with E-state index in [1.165, 1.54) is 25.3 Å². The molecule has 2 rings (SSSR count). The number of halogens is 1. The molecule has 0 aliphatic heterocycles. The molecule has 17 heavy (non-hydrogen) atoms. The summed E-state index contributed by atoms with van der Waals surface area (Å²) in [6, 6.07) is 5.89. The maximum absolute atomic E-state index is 13.5. The van der Waals surface area contributed by atoms with Crippen LogP contribution in [0.1, 0.15) is 10.5 Å². The number of aromatic nitrogens is 3. The Balaban J connectivity index is 2.52. The predicted molar refractivity (Wildman–Crippen MR) is 57.1 cm³/mol. The molecule has 0 aliphatic carbocycles. The van der Waals surface area contributed by atoms with Crippen molar-refractivity contribution < 1.29 is 13.9 Å². The number of benzene rings is 1. The van der Waals surface area contributed by atoms with E-state index in [1.54, 1.807) is 6.07 Å². The van der Waals surface area contributed by atoms with Crippen molar-refractivity contribution in [2.75, 3.05) is 12.8 Å². The molecule has 0 saturated carbocycles. The molecule has 0 aliphatic rings. The fraction of sp³-hybridized carbons (Fsp3) is 0.100. The van der Waals surface area contributed by atoms with E-state index in [0.717, 1.165) is 4.68 Å². The standard InChI is InChI=1S/C10H9FN4O2/c1-17-10(16)8-9(12)15(14-13-8)7-5-3-2-4-6(7)11/h2-5H,12H2,1H3. The molecule has 0 spiro atoms. The van der Waals surface area contributed by atoms with Gasteiger partial charge in [-0.15, -0.1) is 5.10 Å². The average Bonchev–Trinajstić information content (AvgIpc) is 2.71. The molecular formula is C10H9FN4O2. The van der Waals surface area contributed by atoms with Gasteiger partial charge < -0.3 is 10.5 Å². The highest BCUT2D eigenvalue weighted by Gasteiger charge is 2.19. The van der Waals surface area contributed by atoms with Gasteiger partial charge in [-0.05, 0) is 12.1 Å². The summed E-state index contributed by atoms with van der Waals surface area (Å²) in [5.41, 5.74) is 5.63. The van der Waals surface area contributed by atoms with Gasteiger partial charge in [-0.2, -0.15) is 4.68 Å². The van der Waals surface area contributed by atoms with E-state index in [-0.39, 0.29) is 17.2 Å². The molecule has 7 heteroatoms. The van der Waals surface area contributed by atoms with E-state index < -0.39 is 11.8 Å². The number of carbonyl (C=O) groups is 1. The fourth-order valence-electron chi connectivity index (χ4n) is 1.33. The summed E-state index contributed by atoms with van der Waals surface area (Å²) in [6.07, 6.45) is 0. The topological polar surface area (TPSA) is 83.0 Å². The van der Waals surface area contributed by atoms with Crippen molar-refractivity contribution in [3.8, 4) is 5.69 Å². The molecule has 0 radical (unpaired) electrons. The number of esters is 1. The summed E-state index contributed by atoms with van der Waals surface area (Å²) in [5.74, 6) is -1.30. The Morgan fingerprint density at radius 1 is 1.47 bits per heavy atom. The van der Waals surface area contributed by atoms with Crippen LogP contribution < -0.4 is 5.73 Å². The first-order chi connectivity index (χ1) is 8.15. The van der Waals surface area contributed by atoms with E-state index in [9.17, 15) is 9.18 Å². The molecule has 2 N–H and O–H groups in total. The molecule has 0 amide bonds. The molecule has 0 bridgehead atoms. The number of methoxy groups -OCH3 is 1. The lowest BCUT2D eigenvalue weighted by atomic mass is 10.3. The number of nitrogens with zero attached hydrogens (tertiary/aromatic N) is 3. The molecule has 1 heterocycles. The normalized spacial score (nSPS) is 10.2. The van der Waals surface area contributed by atoms with Gasteiger partial charge in [0.2, 0.25) is 5.69 Å². The van der Waals surface area contributed by atoms with Gasteiger partial charge in [0, 0.05) is 0 Å². The Morgan fingerprint density at radius 2 is 2.18 bits per heavy atom. The maximum atomic E-state index is 13.5. The molecule has 1 aromatic carbocycles. The number of carbonyl (C=O) groups excluding carboxylic acids is 1. The third-order valence-electron chi connectivity index (χ3n) is 2.16. The summed E-state index contributed by atoms with van der Waals surface area (Å²) in [7, 11) is 1.20. The largest absolute Gasteiger partial charge is 0.464 e. The molecular weight excluding hydrogens is 227 g/mol. The fourth-order valence-corrected chi connectivity index (χ4v) is 1.33. The van der Waals surface area contributed by atoms with E-state index in [4.69, 9.17) is 5.73 Å². The third-order valence-corrected chi connectivity index (χ3v) is 2.16. The zero-order valence-corrected chi connectivity index (χ0v) is 8.92. The average molecular weight is 236 g/mol. The summed E-state index contributed by atoms with van der Waals surface area (Å²) in [5, 5.41) is 7.17. The third kappa shape index (κ3) is 1.82. The van der Waals surface area contributed by atoms with Crippen molar-refractivity contribution in [3.05, 3.63) is 35.8 Å². The lowest BCUT2D eigenvalue weighted by molar-refractivity contribution is 0.0595. The molecule has 0 atom stereocenters. The monoisotopic (exact) mass is 236 g/mol. The second-order valence-corrected chi connectivity index (χ2v) is 3.18. The van der Waals surface area contributed by atoms with Crippen molar-refractivity contribution in [1.82, 2.24) is 15.0 Å². The van der Waals surface area contributed by atoms with Crippen LogP contribution in [0.2, 0.25) is 0 Å². The first kappa shape index (κ1) is 11.1. The lowest BCUT2D eigenvalue weighted by Gasteiger charge is -2.03. The van der Waals surface area contributed by atoms with E-state index in [0.29, 0.717) is 0 Å². The summed E-state index contributed by atoms with van der Waals surface area (Å²) < 4.78 is 19.0. The van der Waals surface area contributed by atoms with Crippen LogP contribution in [0.3, 0.4) is 0 Å². The van der Waals surface area contributed by atoms with Crippen LogP contribution in [0.25, 0.3) is 5.69 Å². The van der Waals surface area contributed by atoms with Gasteiger partial charge in [0.15, 0.2) is 5.82 Å². The van der Waals surface area contributed by atoms with Crippen LogP contribution in [0.15, 0.2) is 24.3 Å². The maximum Gasteiger partial charge on any atom is 0.362 e. The number of nitrogen functional groups attached to an aromatic ring is 1. The quantitative estimate of drug-likeness (QED) is 0.779. The van der Waals surface area contributed by atoms with Crippen molar-refractivity contribution in [3.63, 3.8) is 0 Å². The summed E-state index contributed by atoms with van der Waals surface area (Å²) in [6.45, 7) is 0. The molecule has 0 unspecified atom stereocenters. The molecule has 2 aromatic rings. The van der Waals surface area contributed by atoms with Crippen molar-refractivity contribution in [2.24, 2.45) is 0 Å². The van der Waals surface area contributed by atoms with E-state index in [2.05, 4.69) is 15.0 Å². The van der Waals surface area contributed by atoms with Crippen LogP contribution in [0.4, 0.5) is 10.2 Å². The number of ether oxygens (including phenoxy) is 1. The Kier molecular flexibility index (Phi) is 2.73. The van der Waals surface area contributed by atoms with Crippen molar-refractivity contribution >= 4 is 11.8 Å². The number of anilines is 1. The molecule has 0 saturated heterocycles. The zero-order chi connectivity index (χ0) is 12.4. The minimum Gasteiger partial charge on any atom is -0.464 e. The van der Waals surface area contributed by atoms with Gasteiger partial charge in [0.05, 0.1) is 7.11 Å². The Morgan fingerprint density at radius 3 is 2.82 bits per heavy atom. The molecule has 0 fully saturated rings. The van der Waals surface area contributed by atoms with Gasteiger partial charge in [-0.3, -0.25) is 0 Å². The Labute approximate surface area is 95.8 Å². The highest BCUT2D eigenvalue weighted by Crippen LogP contribution is 2.17. The minimum absolute atomic E-state index is 0.0676. The van der Waals surface area contributed by atoms with E-state index >= 15 is 0 Å². The second-order valence-electron chi connectivity index (χ2n) is 3.18. The van der Waals surface area contributed by atoms with Crippen LogP contribution >= 0.6 is 0 Å². The number of hydrogen-bond donors (Lipinski definition) is 1. The van der Waals surface area contributed by atoms with Gasteiger partial charge in [-0.25, -0.2) is 9.18 Å². The van der Waals surface area contributed by atoms with Crippen molar-refractivity contribution in [1.29, 1.82) is 0 Å². The predicted octanol–water partition coefficient (Wildman–Crippen LogP) is 0.775. The van der Waals surface area contributed by atoms with E-state index in [1.807, 2.05) is 0 Å². The Bertz CT molecular complexity index is 567. The zero-order valence-electron chi connectivity index (χ0n) is 8.92. The lowest BCUT2D eigenvalue weighted by Crippen LogP contribution is -2.08. The SMILES string of the molecule is COC(=O)c1nnn(-c2ccccc2F)c1N. The highest BCUT2D eigenvalue weighted by molar-refractivity contribution is 5.92. The highest BCUT2D eigenvalue weighted by atomic mass is 19.1. The van der Waals surface area contributed by atoms with Gasteiger partial charge in [-0.1, -0.05) is 17.3 Å². The smallest absolute Gasteiger partial charge is 0.362 e. The van der Waals surface area contributed by atoms with Crippen LogP contribution in [0.5, 0.6) is 0 Å². The minimum atomic E-state index is -0.718. The summed E-state index contributed by atoms with van der Waals surface area (Å²) in [4.78, 5) is 11.3. The van der Waals surface area contributed by atoms with Crippen LogP contribution in [-0.4, -0.2) is 28.1 Å². The number of nitrogens with two attached hydrogens (primary N) is 1. The van der Waals surface area contributed by atoms with Gasteiger partial charge >= 0.3 is 5.97 Å². The Hall–Kier alpha value is -2.44. The first-order valence-electron chi connectivity index (χ1n) is 4.69. The number of para-hydroxylation sites is 1.